The number of rotatable bonds is 8. The number of hydrogen-bond donors (Lipinski definition) is 2. The molecule has 0 radical (unpaired) electrons. The summed E-state index contributed by atoms with van der Waals surface area (Å²) < 4.78 is 11.0. The molecule has 2 N–H and O–H groups in total. The number of nitrogens with zero attached hydrogens (tertiary/aromatic N) is 1. The van der Waals surface area contributed by atoms with E-state index >= 15 is 0 Å². The lowest BCUT2D eigenvalue weighted by atomic mass is 9.84. The summed E-state index contributed by atoms with van der Waals surface area (Å²) in [6, 6.07) is 20.2. The van der Waals surface area contributed by atoms with E-state index < -0.39 is 11.9 Å². The third-order valence-corrected chi connectivity index (χ3v) is 7.06. The molecular formula is C28H24ClN3O4S. The number of carbonyl (C=O) groups excluding carboxylic acids is 2. The first kappa shape index (κ1) is 26.1. The van der Waals surface area contributed by atoms with Gasteiger partial charge < -0.3 is 19.8 Å². The van der Waals surface area contributed by atoms with E-state index in [0.717, 1.165) is 22.9 Å². The summed E-state index contributed by atoms with van der Waals surface area (Å²) in [5.41, 5.74) is 3.24. The number of carbonyl (C=O) groups is 2. The fraction of sp³-hybridized carbons (Fsp3) is 0.179. The molecule has 0 fully saturated rings. The second-order valence-electron chi connectivity index (χ2n) is 8.10. The Morgan fingerprint density at radius 1 is 1.19 bits per heavy atom. The van der Waals surface area contributed by atoms with Crippen LogP contribution in [0.5, 0.6) is 0 Å². The van der Waals surface area contributed by atoms with E-state index in [-0.39, 0.29) is 29.4 Å². The van der Waals surface area contributed by atoms with E-state index in [1.807, 2.05) is 43.3 Å². The second-order valence-corrected chi connectivity index (χ2v) is 9.50. The van der Waals surface area contributed by atoms with Gasteiger partial charge in [-0.15, -0.1) is 0 Å². The van der Waals surface area contributed by atoms with Crippen molar-refractivity contribution in [2.24, 2.45) is 0 Å². The van der Waals surface area contributed by atoms with Crippen LogP contribution < -0.4 is 10.6 Å². The molecule has 1 amide bonds. The number of ether oxygens (including phenoxy) is 1. The molecule has 1 unspecified atom stereocenters. The molecule has 0 spiro atoms. The number of furan rings is 1. The zero-order chi connectivity index (χ0) is 26.4. The molecular weight excluding hydrogens is 510 g/mol. The van der Waals surface area contributed by atoms with Crippen molar-refractivity contribution in [3.8, 4) is 6.07 Å². The molecule has 9 heteroatoms. The van der Waals surface area contributed by atoms with Crippen molar-refractivity contribution in [3.05, 3.63) is 105 Å². The van der Waals surface area contributed by atoms with Gasteiger partial charge in [0.1, 0.15) is 5.76 Å². The Balaban J connectivity index is 1.69. The topological polar surface area (TPSA) is 104 Å². The fourth-order valence-corrected chi connectivity index (χ4v) is 4.93. The number of amides is 1. The van der Waals surface area contributed by atoms with Crippen molar-refractivity contribution < 1.29 is 18.7 Å². The Labute approximate surface area is 224 Å². The van der Waals surface area contributed by atoms with Gasteiger partial charge in [-0.2, -0.15) is 5.26 Å². The molecule has 2 heterocycles. The molecule has 0 saturated heterocycles. The van der Waals surface area contributed by atoms with E-state index in [0.29, 0.717) is 27.2 Å². The highest BCUT2D eigenvalue weighted by Gasteiger charge is 2.38. The number of hydrogen-bond acceptors (Lipinski definition) is 7. The third-order valence-electron chi connectivity index (χ3n) is 5.64. The third kappa shape index (κ3) is 5.91. The van der Waals surface area contributed by atoms with Gasteiger partial charge in [-0.05, 0) is 49.2 Å². The smallest absolute Gasteiger partial charge is 0.337 e. The van der Waals surface area contributed by atoms with Gasteiger partial charge in [0.25, 0.3) is 0 Å². The summed E-state index contributed by atoms with van der Waals surface area (Å²) in [7, 11) is 0. The summed E-state index contributed by atoms with van der Waals surface area (Å²) >= 11 is 7.34. The largest absolute Gasteiger partial charge is 0.468 e. The van der Waals surface area contributed by atoms with Crippen LogP contribution in [0.2, 0.25) is 5.02 Å². The Bertz CT molecular complexity index is 1410. The number of thioether (sulfide) groups is 1. The Hall–Kier alpha value is -3.93. The highest BCUT2D eigenvalue weighted by molar-refractivity contribution is 8.03. The molecule has 1 atom stereocenters. The number of nitrogens with one attached hydrogen (secondary N) is 2. The number of benzene rings is 2. The van der Waals surface area contributed by atoms with Crippen LogP contribution >= 0.6 is 23.4 Å². The lowest BCUT2D eigenvalue weighted by Gasteiger charge is -2.29. The van der Waals surface area contributed by atoms with Crippen molar-refractivity contribution in [2.75, 3.05) is 17.7 Å². The molecule has 3 aromatic rings. The maximum atomic E-state index is 13.2. The molecule has 4 rings (SSSR count). The molecule has 1 aliphatic heterocycles. The maximum Gasteiger partial charge on any atom is 0.337 e. The molecule has 0 bridgehead atoms. The van der Waals surface area contributed by atoms with Gasteiger partial charge >= 0.3 is 5.97 Å². The van der Waals surface area contributed by atoms with Crippen molar-refractivity contribution in [2.45, 2.75) is 19.8 Å². The van der Waals surface area contributed by atoms with E-state index in [4.69, 9.17) is 20.8 Å². The lowest BCUT2D eigenvalue weighted by molar-refractivity contribution is -0.138. The predicted molar refractivity (Wildman–Crippen MR) is 144 cm³/mol. The highest BCUT2D eigenvalue weighted by atomic mass is 35.5. The van der Waals surface area contributed by atoms with E-state index in [2.05, 4.69) is 16.7 Å². The highest BCUT2D eigenvalue weighted by Crippen LogP contribution is 2.43. The first-order valence-corrected chi connectivity index (χ1v) is 12.9. The molecule has 0 aliphatic carbocycles. The maximum absolute atomic E-state index is 13.2. The standard InChI is InChI=1S/C28H24ClN3O4S/c1-3-35-28(34)25-24(22-10-7-13-36-22)20(15-30)27(32-26(25)18-8-5-4-6-9-18)37-16-23(33)31-19-12-11-17(2)21(29)14-19/h4-14,24,32H,3,16H2,1-2H3,(H,31,33). The number of allylic oxidation sites excluding steroid dienone is 1. The monoisotopic (exact) mass is 533 g/mol. The zero-order valence-corrected chi connectivity index (χ0v) is 21.8. The fourth-order valence-electron chi connectivity index (χ4n) is 3.90. The minimum absolute atomic E-state index is 0.0146. The quantitative estimate of drug-likeness (QED) is 0.342. The number of anilines is 1. The summed E-state index contributed by atoms with van der Waals surface area (Å²) in [5.74, 6) is -1.20. The van der Waals surface area contributed by atoms with Crippen LogP contribution in [0.3, 0.4) is 0 Å². The number of halogens is 1. The molecule has 37 heavy (non-hydrogen) atoms. The van der Waals surface area contributed by atoms with E-state index in [1.54, 1.807) is 31.2 Å². The number of nitriles is 1. The molecule has 0 saturated carbocycles. The Morgan fingerprint density at radius 2 is 1.97 bits per heavy atom. The molecule has 188 valence electrons. The van der Waals surface area contributed by atoms with Crippen LogP contribution in [-0.2, 0) is 14.3 Å². The van der Waals surface area contributed by atoms with Gasteiger partial charge in [0.05, 0.1) is 52.5 Å². The number of aryl methyl sites for hydroxylation is 1. The Kier molecular flexibility index (Phi) is 8.39. The summed E-state index contributed by atoms with van der Waals surface area (Å²) in [6.45, 7) is 3.78. The average Bonchev–Trinajstić information content (AvgIpc) is 3.44. The average molecular weight is 534 g/mol. The summed E-state index contributed by atoms with van der Waals surface area (Å²) in [6.07, 6.45) is 1.49. The number of esters is 1. The Morgan fingerprint density at radius 3 is 2.62 bits per heavy atom. The molecule has 7 nitrogen and oxygen atoms in total. The molecule has 2 aromatic carbocycles. The minimum atomic E-state index is -0.808. The van der Waals surface area contributed by atoms with Crippen LogP contribution in [0.4, 0.5) is 5.69 Å². The van der Waals surface area contributed by atoms with Crippen molar-refractivity contribution in [1.82, 2.24) is 5.32 Å². The molecule has 1 aliphatic rings. The predicted octanol–water partition coefficient (Wildman–Crippen LogP) is 6.01. The van der Waals surface area contributed by atoms with Crippen molar-refractivity contribution in [1.29, 1.82) is 5.26 Å². The second kappa shape index (κ2) is 11.9. The van der Waals surface area contributed by atoms with Gasteiger partial charge in [0, 0.05) is 10.7 Å². The summed E-state index contributed by atoms with van der Waals surface area (Å²) in [5, 5.41) is 17.3. The van der Waals surface area contributed by atoms with Gasteiger partial charge in [-0.3, -0.25) is 4.79 Å². The van der Waals surface area contributed by atoms with Crippen LogP contribution in [0, 0.1) is 18.3 Å². The van der Waals surface area contributed by atoms with E-state index in [1.165, 1.54) is 6.26 Å². The van der Waals surface area contributed by atoms with Crippen molar-refractivity contribution >= 4 is 46.6 Å². The minimum Gasteiger partial charge on any atom is -0.468 e. The normalized spacial score (nSPS) is 15.1. The summed E-state index contributed by atoms with van der Waals surface area (Å²) in [4.78, 5) is 26.0. The van der Waals surface area contributed by atoms with Crippen LogP contribution in [0.25, 0.3) is 5.70 Å². The first-order chi connectivity index (χ1) is 17.9. The van der Waals surface area contributed by atoms with Crippen LogP contribution in [-0.4, -0.2) is 24.2 Å². The zero-order valence-electron chi connectivity index (χ0n) is 20.2. The van der Waals surface area contributed by atoms with E-state index in [9.17, 15) is 14.9 Å². The number of dihydropyridines is 1. The van der Waals surface area contributed by atoms with Gasteiger partial charge in [-0.1, -0.05) is 59.8 Å². The van der Waals surface area contributed by atoms with Crippen molar-refractivity contribution in [3.63, 3.8) is 0 Å². The van der Waals surface area contributed by atoms with Gasteiger partial charge in [0.2, 0.25) is 5.91 Å². The van der Waals surface area contributed by atoms with Gasteiger partial charge in [0.15, 0.2) is 0 Å². The lowest BCUT2D eigenvalue weighted by Crippen LogP contribution is -2.29. The molecule has 1 aromatic heterocycles. The SMILES string of the molecule is CCOC(=O)C1=C(c2ccccc2)NC(SCC(=O)Nc2ccc(C)c(Cl)c2)=C(C#N)C1c1ccco1. The van der Waals surface area contributed by atoms with Crippen LogP contribution in [0.15, 0.2) is 87.5 Å². The van der Waals surface area contributed by atoms with Crippen LogP contribution in [0.1, 0.15) is 29.7 Å². The first-order valence-electron chi connectivity index (χ1n) is 11.5. The van der Waals surface area contributed by atoms with Gasteiger partial charge in [-0.25, -0.2) is 4.79 Å².